The standard InChI is InChI=1S/C16H12F2N2O/c1-20-14(16(19)21)7-10-6-12(18)8-13(15(10)20)9-2-4-11(17)5-3-9/h2-8H,1H3,(H2,19,21). The van der Waals surface area contributed by atoms with E-state index in [1.54, 1.807) is 29.8 Å². The third-order valence-corrected chi connectivity index (χ3v) is 3.50. The van der Waals surface area contributed by atoms with Crippen LogP contribution in [0.15, 0.2) is 42.5 Å². The van der Waals surface area contributed by atoms with Crippen molar-refractivity contribution in [3.8, 4) is 11.1 Å². The maximum atomic E-state index is 13.8. The van der Waals surface area contributed by atoms with Crippen LogP contribution in [-0.2, 0) is 7.05 Å². The predicted molar refractivity (Wildman–Crippen MR) is 76.8 cm³/mol. The molecule has 0 aliphatic rings. The fourth-order valence-electron chi connectivity index (χ4n) is 2.56. The molecule has 5 heteroatoms. The summed E-state index contributed by atoms with van der Waals surface area (Å²) in [5, 5.41) is 0.575. The van der Waals surface area contributed by atoms with E-state index in [1.807, 2.05) is 0 Å². The summed E-state index contributed by atoms with van der Waals surface area (Å²) in [6.45, 7) is 0. The second kappa shape index (κ2) is 4.70. The number of fused-ring (bicyclic) bond motifs is 1. The summed E-state index contributed by atoms with van der Waals surface area (Å²) >= 11 is 0. The molecule has 3 rings (SSSR count). The van der Waals surface area contributed by atoms with Crippen molar-refractivity contribution in [2.24, 2.45) is 12.8 Å². The van der Waals surface area contributed by atoms with Crippen LogP contribution >= 0.6 is 0 Å². The van der Waals surface area contributed by atoms with Gasteiger partial charge in [0.05, 0.1) is 5.52 Å². The average Bonchev–Trinajstić information content (AvgIpc) is 2.76. The van der Waals surface area contributed by atoms with Gasteiger partial charge in [0.2, 0.25) is 0 Å². The highest BCUT2D eigenvalue weighted by atomic mass is 19.1. The summed E-state index contributed by atoms with van der Waals surface area (Å²) in [5.74, 6) is -1.38. The Bertz CT molecular complexity index is 851. The van der Waals surface area contributed by atoms with Crippen molar-refractivity contribution in [1.29, 1.82) is 0 Å². The Balaban J connectivity index is 2.36. The number of amides is 1. The van der Waals surface area contributed by atoms with Gasteiger partial charge in [0.1, 0.15) is 17.3 Å². The second-order valence-corrected chi connectivity index (χ2v) is 4.85. The molecule has 0 radical (unpaired) electrons. The third kappa shape index (κ3) is 2.16. The maximum Gasteiger partial charge on any atom is 0.265 e. The molecule has 1 heterocycles. The molecule has 106 valence electrons. The van der Waals surface area contributed by atoms with E-state index in [4.69, 9.17) is 5.73 Å². The molecule has 0 unspecified atom stereocenters. The number of rotatable bonds is 2. The van der Waals surface area contributed by atoms with Gasteiger partial charge in [-0.15, -0.1) is 0 Å². The van der Waals surface area contributed by atoms with Crippen molar-refractivity contribution in [3.05, 3.63) is 59.8 Å². The van der Waals surface area contributed by atoms with E-state index in [-0.39, 0.29) is 5.82 Å². The molecule has 2 aromatic carbocycles. The van der Waals surface area contributed by atoms with Gasteiger partial charge in [0.15, 0.2) is 0 Å². The van der Waals surface area contributed by atoms with Gasteiger partial charge in [-0.1, -0.05) is 12.1 Å². The molecule has 1 amide bonds. The summed E-state index contributed by atoms with van der Waals surface area (Å²) in [7, 11) is 1.69. The first-order valence-corrected chi connectivity index (χ1v) is 6.32. The minimum absolute atomic E-state index is 0.291. The SMILES string of the molecule is Cn1c(C(N)=O)cc2cc(F)cc(-c3ccc(F)cc3)c21. The molecule has 0 spiro atoms. The van der Waals surface area contributed by atoms with Gasteiger partial charge >= 0.3 is 0 Å². The molecule has 0 saturated carbocycles. The zero-order chi connectivity index (χ0) is 15.1. The Morgan fingerprint density at radius 3 is 2.33 bits per heavy atom. The fourth-order valence-corrected chi connectivity index (χ4v) is 2.56. The highest BCUT2D eigenvalue weighted by molar-refractivity contribution is 6.02. The molecule has 0 fully saturated rings. The molecule has 0 aliphatic carbocycles. The summed E-state index contributed by atoms with van der Waals surface area (Å²) in [6, 6.07) is 10.0. The lowest BCUT2D eigenvalue weighted by Gasteiger charge is -2.08. The number of halogens is 2. The van der Waals surface area contributed by atoms with Crippen molar-refractivity contribution >= 4 is 16.8 Å². The van der Waals surface area contributed by atoms with Gasteiger partial charge in [-0.3, -0.25) is 4.79 Å². The largest absolute Gasteiger partial charge is 0.364 e. The van der Waals surface area contributed by atoms with Gasteiger partial charge < -0.3 is 10.3 Å². The van der Waals surface area contributed by atoms with Gasteiger partial charge in [-0.25, -0.2) is 8.78 Å². The van der Waals surface area contributed by atoms with E-state index in [9.17, 15) is 13.6 Å². The number of carbonyl (C=O) groups excluding carboxylic acids is 1. The fraction of sp³-hybridized carbons (Fsp3) is 0.0625. The quantitative estimate of drug-likeness (QED) is 0.772. The van der Waals surface area contributed by atoms with Gasteiger partial charge in [0, 0.05) is 18.0 Å². The van der Waals surface area contributed by atoms with Crippen molar-refractivity contribution < 1.29 is 13.6 Å². The highest BCUT2D eigenvalue weighted by Crippen LogP contribution is 2.31. The van der Waals surface area contributed by atoms with Crippen LogP contribution in [0.1, 0.15) is 10.5 Å². The first kappa shape index (κ1) is 13.3. The van der Waals surface area contributed by atoms with Crippen LogP contribution in [0.4, 0.5) is 8.78 Å². The number of primary amides is 1. The van der Waals surface area contributed by atoms with Crippen LogP contribution in [0.3, 0.4) is 0 Å². The molecule has 0 bridgehead atoms. The Hall–Kier alpha value is -2.69. The van der Waals surface area contributed by atoms with E-state index < -0.39 is 11.7 Å². The number of hydrogen-bond donors (Lipinski definition) is 1. The summed E-state index contributed by atoms with van der Waals surface area (Å²) in [5.41, 5.74) is 7.54. The van der Waals surface area contributed by atoms with Crippen molar-refractivity contribution in [3.63, 3.8) is 0 Å². The van der Waals surface area contributed by atoms with E-state index in [1.165, 1.54) is 24.3 Å². The summed E-state index contributed by atoms with van der Waals surface area (Å²) < 4.78 is 28.5. The van der Waals surface area contributed by atoms with Crippen LogP contribution < -0.4 is 5.73 Å². The normalized spacial score (nSPS) is 11.0. The Labute approximate surface area is 119 Å². The van der Waals surface area contributed by atoms with E-state index in [2.05, 4.69) is 0 Å². The first-order valence-electron chi connectivity index (χ1n) is 6.32. The average molecular weight is 286 g/mol. The third-order valence-electron chi connectivity index (χ3n) is 3.50. The molecule has 3 nitrogen and oxygen atoms in total. The van der Waals surface area contributed by atoms with Crippen LogP contribution in [-0.4, -0.2) is 10.5 Å². The van der Waals surface area contributed by atoms with E-state index in [0.29, 0.717) is 27.7 Å². The lowest BCUT2D eigenvalue weighted by molar-refractivity contribution is 0.0993. The number of benzene rings is 2. The lowest BCUT2D eigenvalue weighted by atomic mass is 10.0. The molecule has 1 aromatic heterocycles. The number of hydrogen-bond acceptors (Lipinski definition) is 1. The number of carbonyl (C=O) groups is 1. The molecule has 0 saturated heterocycles. The molecule has 0 atom stereocenters. The molecule has 21 heavy (non-hydrogen) atoms. The molecule has 3 aromatic rings. The number of nitrogens with zero attached hydrogens (tertiary/aromatic N) is 1. The molecular formula is C16H12F2N2O. The minimum Gasteiger partial charge on any atom is -0.364 e. The van der Waals surface area contributed by atoms with Crippen molar-refractivity contribution in [1.82, 2.24) is 4.57 Å². The minimum atomic E-state index is -0.584. The van der Waals surface area contributed by atoms with Gasteiger partial charge in [-0.2, -0.15) is 0 Å². The van der Waals surface area contributed by atoms with Gasteiger partial charge in [0.25, 0.3) is 5.91 Å². The Morgan fingerprint density at radius 2 is 1.71 bits per heavy atom. The zero-order valence-electron chi connectivity index (χ0n) is 11.2. The molecule has 2 N–H and O–H groups in total. The smallest absolute Gasteiger partial charge is 0.265 e. The summed E-state index contributed by atoms with van der Waals surface area (Å²) in [6.07, 6.45) is 0. The lowest BCUT2D eigenvalue weighted by Crippen LogP contribution is -2.14. The van der Waals surface area contributed by atoms with E-state index >= 15 is 0 Å². The zero-order valence-corrected chi connectivity index (χ0v) is 11.2. The topological polar surface area (TPSA) is 48.0 Å². The molecular weight excluding hydrogens is 274 g/mol. The number of nitrogens with two attached hydrogens (primary N) is 1. The monoisotopic (exact) mass is 286 g/mol. The predicted octanol–water partition coefficient (Wildman–Crippen LogP) is 3.22. The van der Waals surface area contributed by atoms with Crippen molar-refractivity contribution in [2.75, 3.05) is 0 Å². The van der Waals surface area contributed by atoms with Crippen LogP contribution in [0.2, 0.25) is 0 Å². The van der Waals surface area contributed by atoms with Gasteiger partial charge in [-0.05, 0) is 35.9 Å². The van der Waals surface area contributed by atoms with Crippen LogP contribution in [0, 0.1) is 11.6 Å². The van der Waals surface area contributed by atoms with Crippen LogP contribution in [0.25, 0.3) is 22.0 Å². The summed E-state index contributed by atoms with van der Waals surface area (Å²) in [4.78, 5) is 11.4. The number of aromatic nitrogens is 1. The number of aryl methyl sites for hydroxylation is 1. The van der Waals surface area contributed by atoms with E-state index in [0.717, 1.165) is 0 Å². The maximum absolute atomic E-state index is 13.8. The first-order chi connectivity index (χ1) is 9.97. The van der Waals surface area contributed by atoms with Crippen LogP contribution in [0.5, 0.6) is 0 Å². The Morgan fingerprint density at radius 1 is 1.05 bits per heavy atom. The molecule has 0 aliphatic heterocycles. The van der Waals surface area contributed by atoms with Crippen molar-refractivity contribution in [2.45, 2.75) is 0 Å². The second-order valence-electron chi connectivity index (χ2n) is 4.85. The Kier molecular flexibility index (Phi) is 2.97. The highest BCUT2D eigenvalue weighted by Gasteiger charge is 2.15.